The Hall–Kier alpha value is -1.48. The Morgan fingerprint density at radius 1 is 1.62 bits per heavy atom. The highest BCUT2D eigenvalue weighted by Gasteiger charge is 2.20. The zero-order valence-electron chi connectivity index (χ0n) is 9.53. The summed E-state index contributed by atoms with van der Waals surface area (Å²) in [6.07, 6.45) is 0.937. The molecule has 0 fully saturated rings. The zero-order chi connectivity index (χ0) is 11.5. The maximum absolute atomic E-state index is 5.86. The Balaban J connectivity index is 2.05. The number of ether oxygens (including phenoxy) is 2. The Labute approximate surface area is 95.9 Å². The van der Waals surface area contributed by atoms with Crippen molar-refractivity contribution in [2.45, 2.75) is 19.4 Å². The van der Waals surface area contributed by atoms with Gasteiger partial charge < -0.3 is 15.2 Å². The van der Waals surface area contributed by atoms with Gasteiger partial charge in [0, 0.05) is 11.6 Å². The van der Waals surface area contributed by atoms with Crippen molar-refractivity contribution in [3.63, 3.8) is 0 Å². The van der Waals surface area contributed by atoms with Crippen molar-refractivity contribution in [3.05, 3.63) is 35.9 Å². The van der Waals surface area contributed by atoms with Gasteiger partial charge in [-0.05, 0) is 24.1 Å². The van der Waals surface area contributed by atoms with Crippen LogP contribution in [0.1, 0.15) is 24.9 Å². The second kappa shape index (κ2) is 4.58. The fraction of sp³-hybridized carbons (Fsp3) is 0.385. The molecule has 1 aliphatic rings. The van der Waals surface area contributed by atoms with E-state index in [0.29, 0.717) is 13.2 Å². The number of hydrogen-bond acceptors (Lipinski definition) is 3. The van der Waals surface area contributed by atoms with Gasteiger partial charge in [0.2, 0.25) is 0 Å². The summed E-state index contributed by atoms with van der Waals surface area (Å²) >= 11 is 0. The molecule has 3 nitrogen and oxygen atoms in total. The van der Waals surface area contributed by atoms with Crippen molar-refractivity contribution in [1.29, 1.82) is 0 Å². The molecule has 0 aromatic heterocycles. The first-order valence-corrected chi connectivity index (χ1v) is 5.52. The van der Waals surface area contributed by atoms with E-state index in [2.05, 4.69) is 13.5 Å². The van der Waals surface area contributed by atoms with Gasteiger partial charge in [-0.25, -0.2) is 0 Å². The Morgan fingerprint density at radius 2 is 2.44 bits per heavy atom. The van der Waals surface area contributed by atoms with E-state index in [4.69, 9.17) is 15.2 Å². The zero-order valence-corrected chi connectivity index (χ0v) is 9.53. The molecule has 2 N–H and O–H groups in total. The number of nitrogens with two attached hydrogens (primary N) is 1. The molecule has 86 valence electrons. The standard InChI is InChI=1S/C13H17NO2/c1-3-9(2)7-15-10-4-5-11-12(14)8-16-13(11)6-10/h4-6,12H,2-3,7-8,14H2,1H3. The lowest BCUT2D eigenvalue weighted by molar-refractivity contribution is 0.325. The minimum Gasteiger partial charge on any atom is -0.491 e. The normalized spacial score (nSPS) is 17.8. The van der Waals surface area contributed by atoms with Crippen LogP contribution in [0, 0.1) is 0 Å². The first-order valence-electron chi connectivity index (χ1n) is 5.52. The molecule has 0 saturated heterocycles. The van der Waals surface area contributed by atoms with Crippen molar-refractivity contribution in [1.82, 2.24) is 0 Å². The SMILES string of the molecule is C=C(CC)COc1ccc2c(c1)OCC2N. The second-order valence-corrected chi connectivity index (χ2v) is 4.01. The third-order valence-electron chi connectivity index (χ3n) is 2.75. The summed E-state index contributed by atoms with van der Waals surface area (Å²) in [4.78, 5) is 0. The van der Waals surface area contributed by atoms with Crippen LogP contribution in [0.15, 0.2) is 30.4 Å². The molecule has 0 saturated carbocycles. The quantitative estimate of drug-likeness (QED) is 0.791. The molecule has 0 aliphatic carbocycles. The monoisotopic (exact) mass is 219 g/mol. The van der Waals surface area contributed by atoms with Gasteiger partial charge in [-0.3, -0.25) is 0 Å². The smallest absolute Gasteiger partial charge is 0.127 e. The lowest BCUT2D eigenvalue weighted by Crippen LogP contribution is -2.10. The maximum Gasteiger partial charge on any atom is 0.127 e. The largest absolute Gasteiger partial charge is 0.491 e. The molecule has 1 atom stereocenters. The molecule has 16 heavy (non-hydrogen) atoms. The van der Waals surface area contributed by atoms with Gasteiger partial charge in [0.05, 0.1) is 6.04 Å². The van der Waals surface area contributed by atoms with E-state index in [9.17, 15) is 0 Å². The molecule has 0 spiro atoms. The van der Waals surface area contributed by atoms with Gasteiger partial charge in [0.25, 0.3) is 0 Å². The van der Waals surface area contributed by atoms with Gasteiger partial charge in [-0.15, -0.1) is 0 Å². The van der Waals surface area contributed by atoms with Gasteiger partial charge in [0.1, 0.15) is 24.7 Å². The molecular formula is C13H17NO2. The third kappa shape index (κ3) is 2.19. The van der Waals surface area contributed by atoms with Crippen LogP contribution in [0.3, 0.4) is 0 Å². The highest BCUT2D eigenvalue weighted by Crippen LogP contribution is 2.33. The highest BCUT2D eigenvalue weighted by atomic mass is 16.5. The van der Waals surface area contributed by atoms with Crippen LogP contribution in [0.25, 0.3) is 0 Å². The summed E-state index contributed by atoms with van der Waals surface area (Å²) < 4.78 is 11.1. The molecule has 0 amide bonds. The predicted octanol–water partition coefficient (Wildman–Crippen LogP) is 2.42. The molecule has 1 aromatic carbocycles. The van der Waals surface area contributed by atoms with Crippen LogP contribution in [-0.4, -0.2) is 13.2 Å². The fourth-order valence-corrected chi connectivity index (χ4v) is 1.59. The third-order valence-corrected chi connectivity index (χ3v) is 2.75. The van der Waals surface area contributed by atoms with Crippen molar-refractivity contribution in [2.75, 3.05) is 13.2 Å². The highest BCUT2D eigenvalue weighted by molar-refractivity contribution is 5.44. The summed E-state index contributed by atoms with van der Waals surface area (Å²) in [6.45, 7) is 7.08. The summed E-state index contributed by atoms with van der Waals surface area (Å²) in [5.41, 5.74) is 8.00. The number of hydrogen-bond donors (Lipinski definition) is 1. The summed E-state index contributed by atoms with van der Waals surface area (Å²) in [6, 6.07) is 5.79. The van der Waals surface area contributed by atoms with E-state index in [1.165, 1.54) is 0 Å². The predicted molar refractivity (Wildman–Crippen MR) is 63.8 cm³/mol. The van der Waals surface area contributed by atoms with Crippen molar-refractivity contribution >= 4 is 0 Å². The topological polar surface area (TPSA) is 44.5 Å². The van der Waals surface area contributed by atoms with Gasteiger partial charge >= 0.3 is 0 Å². The van der Waals surface area contributed by atoms with Crippen LogP contribution in [0.4, 0.5) is 0 Å². The van der Waals surface area contributed by atoms with Crippen LogP contribution in [0.5, 0.6) is 11.5 Å². The Kier molecular flexibility index (Phi) is 3.15. The van der Waals surface area contributed by atoms with Gasteiger partial charge in [0.15, 0.2) is 0 Å². The Morgan fingerprint density at radius 3 is 3.19 bits per heavy atom. The minimum atomic E-state index is -0.00495. The fourth-order valence-electron chi connectivity index (χ4n) is 1.59. The van der Waals surface area contributed by atoms with E-state index in [1.54, 1.807) is 0 Å². The molecule has 1 aromatic rings. The average molecular weight is 219 g/mol. The van der Waals surface area contributed by atoms with Crippen molar-refractivity contribution in [2.24, 2.45) is 5.73 Å². The van der Waals surface area contributed by atoms with Crippen molar-refractivity contribution in [3.8, 4) is 11.5 Å². The number of fused-ring (bicyclic) bond motifs is 1. The van der Waals surface area contributed by atoms with Gasteiger partial charge in [-0.2, -0.15) is 0 Å². The average Bonchev–Trinajstić information content (AvgIpc) is 2.67. The lowest BCUT2D eigenvalue weighted by Gasteiger charge is -2.08. The molecule has 1 aliphatic heterocycles. The molecule has 1 heterocycles. The molecule has 0 bridgehead atoms. The van der Waals surface area contributed by atoms with Crippen LogP contribution >= 0.6 is 0 Å². The van der Waals surface area contributed by atoms with E-state index in [1.807, 2.05) is 18.2 Å². The maximum atomic E-state index is 5.86. The molecule has 1 unspecified atom stereocenters. The van der Waals surface area contributed by atoms with Crippen LogP contribution < -0.4 is 15.2 Å². The molecule has 0 radical (unpaired) electrons. The van der Waals surface area contributed by atoms with Crippen molar-refractivity contribution < 1.29 is 9.47 Å². The number of benzene rings is 1. The second-order valence-electron chi connectivity index (χ2n) is 4.01. The molecule has 3 heteroatoms. The first kappa shape index (κ1) is 11.0. The van der Waals surface area contributed by atoms with E-state index in [0.717, 1.165) is 29.1 Å². The minimum absolute atomic E-state index is 0.00495. The molecule has 2 rings (SSSR count). The van der Waals surface area contributed by atoms with Gasteiger partial charge in [-0.1, -0.05) is 13.5 Å². The van der Waals surface area contributed by atoms with E-state index in [-0.39, 0.29) is 6.04 Å². The summed E-state index contributed by atoms with van der Waals surface area (Å²) in [5, 5.41) is 0. The van der Waals surface area contributed by atoms with E-state index >= 15 is 0 Å². The van der Waals surface area contributed by atoms with E-state index < -0.39 is 0 Å². The Bertz CT molecular complexity index is 401. The van der Waals surface area contributed by atoms with Crippen LogP contribution in [-0.2, 0) is 0 Å². The molecular weight excluding hydrogens is 202 g/mol. The summed E-state index contributed by atoms with van der Waals surface area (Å²) in [7, 11) is 0. The summed E-state index contributed by atoms with van der Waals surface area (Å²) in [5.74, 6) is 1.65. The number of rotatable bonds is 4. The first-order chi connectivity index (χ1) is 7.70. The van der Waals surface area contributed by atoms with Crippen LogP contribution in [0.2, 0.25) is 0 Å². The lowest BCUT2D eigenvalue weighted by atomic mass is 10.1.